The molecule has 2 aromatic carbocycles. The Morgan fingerprint density at radius 3 is 2.79 bits per heavy atom. The summed E-state index contributed by atoms with van der Waals surface area (Å²) in [4.78, 5) is 4.61. The third kappa shape index (κ3) is 2.08. The minimum atomic E-state index is 0.619. The first-order valence-corrected chi connectivity index (χ1v) is 7.26. The maximum absolute atomic E-state index is 4.61. The lowest BCUT2D eigenvalue weighted by Crippen LogP contribution is -1.99. The fourth-order valence-electron chi connectivity index (χ4n) is 2.21. The predicted molar refractivity (Wildman–Crippen MR) is 79.5 cm³/mol. The summed E-state index contributed by atoms with van der Waals surface area (Å²) in [5.74, 6) is 0.824. The zero-order valence-electron chi connectivity index (χ0n) is 10.3. The molecule has 4 rings (SSSR count). The van der Waals surface area contributed by atoms with Crippen LogP contribution in [0.25, 0.3) is 22.2 Å². The minimum Gasteiger partial charge on any atom is -0.358 e. The highest BCUT2D eigenvalue weighted by Crippen LogP contribution is 2.30. The van der Waals surface area contributed by atoms with Crippen LogP contribution in [0.5, 0.6) is 0 Å². The van der Waals surface area contributed by atoms with Crippen LogP contribution in [0.3, 0.4) is 0 Å². The molecule has 0 aliphatic heterocycles. The summed E-state index contributed by atoms with van der Waals surface area (Å²) in [6.45, 7) is 0. The molecule has 1 saturated carbocycles. The van der Waals surface area contributed by atoms with Crippen LogP contribution < -0.4 is 5.32 Å². The van der Waals surface area contributed by atoms with Crippen molar-refractivity contribution >= 4 is 27.4 Å². The average Bonchev–Trinajstić information content (AvgIpc) is 3.14. The van der Waals surface area contributed by atoms with Gasteiger partial charge in [0.2, 0.25) is 5.13 Å². The monoisotopic (exact) mass is 267 g/mol. The number of nitrogens with one attached hydrogen (secondary N) is 1. The smallest absolute Gasteiger partial charge is 0.203 e. The van der Waals surface area contributed by atoms with E-state index in [1.54, 1.807) is 0 Å². The lowest BCUT2D eigenvalue weighted by atomic mass is 10.0. The Morgan fingerprint density at radius 1 is 1.05 bits per heavy atom. The zero-order valence-corrected chi connectivity index (χ0v) is 11.2. The lowest BCUT2D eigenvalue weighted by molar-refractivity contribution is 1.14. The molecule has 1 heterocycles. The van der Waals surface area contributed by atoms with Crippen molar-refractivity contribution in [1.82, 2.24) is 9.36 Å². The second kappa shape index (κ2) is 4.31. The van der Waals surface area contributed by atoms with Gasteiger partial charge in [-0.1, -0.05) is 42.5 Å². The van der Waals surface area contributed by atoms with Crippen molar-refractivity contribution in [2.75, 3.05) is 5.32 Å². The van der Waals surface area contributed by atoms with Gasteiger partial charge in [-0.25, -0.2) is 0 Å². The summed E-state index contributed by atoms with van der Waals surface area (Å²) in [6, 6.07) is 15.2. The molecule has 94 valence electrons. The van der Waals surface area contributed by atoms with Crippen molar-refractivity contribution in [2.45, 2.75) is 18.9 Å². The van der Waals surface area contributed by atoms with E-state index in [9.17, 15) is 0 Å². The Labute approximate surface area is 115 Å². The van der Waals surface area contributed by atoms with Gasteiger partial charge in [-0.15, -0.1) is 0 Å². The van der Waals surface area contributed by atoms with E-state index in [2.05, 4.69) is 57.1 Å². The highest BCUT2D eigenvalue weighted by molar-refractivity contribution is 7.09. The second-order valence-corrected chi connectivity index (χ2v) is 5.62. The molecule has 4 heteroatoms. The summed E-state index contributed by atoms with van der Waals surface area (Å²) in [6.07, 6.45) is 2.51. The van der Waals surface area contributed by atoms with E-state index < -0.39 is 0 Å². The van der Waals surface area contributed by atoms with Crippen molar-refractivity contribution in [3.63, 3.8) is 0 Å². The van der Waals surface area contributed by atoms with E-state index in [-0.39, 0.29) is 0 Å². The number of rotatable bonds is 3. The molecule has 3 nitrogen and oxygen atoms in total. The van der Waals surface area contributed by atoms with Crippen LogP contribution in [0.4, 0.5) is 5.13 Å². The van der Waals surface area contributed by atoms with Crippen LogP contribution in [-0.2, 0) is 0 Å². The van der Waals surface area contributed by atoms with Gasteiger partial charge in [0.05, 0.1) is 0 Å². The first-order chi connectivity index (χ1) is 9.40. The van der Waals surface area contributed by atoms with Gasteiger partial charge in [0, 0.05) is 23.1 Å². The maximum atomic E-state index is 4.61. The number of aromatic nitrogens is 2. The van der Waals surface area contributed by atoms with Crippen LogP contribution in [0.15, 0.2) is 42.5 Å². The zero-order chi connectivity index (χ0) is 12.7. The fourth-order valence-corrected chi connectivity index (χ4v) is 2.87. The average molecular weight is 267 g/mol. The van der Waals surface area contributed by atoms with E-state index in [1.807, 2.05) is 0 Å². The van der Waals surface area contributed by atoms with Gasteiger partial charge in [-0.05, 0) is 23.6 Å². The molecule has 0 unspecified atom stereocenters. The van der Waals surface area contributed by atoms with Gasteiger partial charge in [0.15, 0.2) is 5.82 Å². The highest BCUT2D eigenvalue weighted by Gasteiger charge is 2.22. The molecular formula is C15H13N3S. The molecule has 0 saturated heterocycles. The number of nitrogens with zero attached hydrogens (tertiary/aromatic N) is 2. The van der Waals surface area contributed by atoms with E-state index in [1.165, 1.54) is 35.1 Å². The van der Waals surface area contributed by atoms with Crippen LogP contribution in [0.2, 0.25) is 0 Å². The van der Waals surface area contributed by atoms with Crippen LogP contribution in [0, 0.1) is 0 Å². The summed E-state index contributed by atoms with van der Waals surface area (Å²) in [7, 11) is 0. The number of hydrogen-bond donors (Lipinski definition) is 1. The van der Waals surface area contributed by atoms with Gasteiger partial charge < -0.3 is 5.32 Å². The molecule has 0 amide bonds. The highest BCUT2D eigenvalue weighted by atomic mass is 32.1. The van der Waals surface area contributed by atoms with Crippen LogP contribution in [0.1, 0.15) is 12.8 Å². The Balaban J connectivity index is 1.78. The van der Waals surface area contributed by atoms with Crippen molar-refractivity contribution in [3.05, 3.63) is 42.5 Å². The standard InChI is InChI=1S/C15H13N3S/c1-2-6-12-10(4-1)5-3-7-13(12)14-17-15(19-18-14)16-11-8-9-11/h1-7,11H,8-9H2,(H,16,17,18). The number of anilines is 1. The Bertz CT molecular complexity index is 726. The Morgan fingerprint density at radius 2 is 1.89 bits per heavy atom. The topological polar surface area (TPSA) is 37.8 Å². The molecule has 0 radical (unpaired) electrons. The summed E-state index contributed by atoms with van der Waals surface area (Å²) in [5.41, 5.74) is 1.11. The second-order valence-electron chi connectivity index (χ2n) is 4.87. The molecular weight excluding hydrogens is 254 g/mol. The van der Waals surface area contributed by atoms with Crippen molar-refractivity contribution in [1.29, 1.82) is 0 Å². The SMILES string of the molecule is c1ccc2c(-c3nsc(NC4CC4)n3)cccc2c1. The van der Waals surface area contributed by atoms with Crippen molar-refractivity contribution in [2.24, 2.45) is 0 Å². The molecule has 19 heavy (non-hydrogen) atoms. The molecule has 3 aromatic rings. The summed E-state index contributed by atoms with van der Waals surface area (Å²) < 4.78 is 4.49. The molecule has 1 aromatic heterocycles. The molecule has 1 aliphatic rings. The van der Waals surface area contributed by atoms with Gasteiger partial charge in [0.1, 0.15) is 0 Å². The predicted octanol–water partition coefficient (Wildman–Crippen LogP) is 3.93. The normalized spacial score (nSPS) is 14.7. The van der Waals surface area contributed by atoms with Gasteiger partial charge in [-0.2, -0.15) is 9.36 Å². The third-order valence-electron chi connectivity index (χ3n) is 3.36. The summed E-state index contributed by atoms with van der Waals surface area (Å²) >= 11 is 1.45. The van der Waals surface area contributed by atoms with Crippen LogP contribution >= 0.6 is 11.5 Å². The van der Waals surface area contributed by atoms with E-state index in [4.69, 9.17) is 0 Å². The minimum absolute atomic E-state index is 0.619. The Kier molecular flexibility index (Phi) is 2.48. The largest absolute Gasteiger partial charge is 0.358 e. The van der Waals surface area contributed by atoms with Gasteiger partial charge in [0.25, 0.3) is 0 Å². The van der Waals surface area contributed by atoms with Crippen LogP contribution in [-0.4, -0.2) is 15.4 Å². The lowest BCUT2D eigenvalue weighted by Gasteiger charge is -2.02. The molecule has 1 fully saturated rings. The molecule has 1 aliphatic carbocycles. The number of benzene rings is 2. The molecule has 0 bridgehead atoms. The maximum Gasteiger partial charge on any atom is 0.203 e. The summed E-state index contributed by atoms with van der Waals surface area (Å²) in [5, 5.41) is 6.77. The van der Waals surface area contributed by atoms with E-state index in [0.29, 0.717) is 6.04 Å². The molecule has 0 spiro atoms. The fraction of sp³-hybridized carbons (Fsp3) is 0.200. The molecule has 0 atom stereocenters. The molecule has 1 N–H and O–H groups in total. The first-order valence-electron chi connectivity index (χ1n) is 6.48. The van der Waals surface area contributed by atoms with E-state index >= 15 is 0 Å². The number of fused-ring (bicyclic) bond motifs is 1. The third-order valence-corrected chi connectivity index (χ3v) is 4.01. The van der Waals surface area contributed by atoms with Gasteiger partial charge >= 0.3 is 0 Å². The Hall–Kier alpha value is -1.94. The van der Waals surface area contributed by atoms with E-state index in [0.717, 1.165) is 16.5 Å². The van der Waals surface area contributed by atoms with Crippen molar-refractivity contribution < 1.29 is 0 Å². The number of hydrogen-bond acceptors (Lipinski definition) is 4. The first kappa shape index (κ1) is 10.9. The quantitative estimate of drug-likeness (QED) is 0.781. The van der Waals surface area contributed by atoms with Gasteiger partial charge in [-0.3, -0.25) is 0 Å². The van der Waals surface area contributed by atoms with Crippen molar-refractivity contribution in [3.8, 4) is 11.4 Å².